The number of thiophene rings is 1. The van der Waals surface area contributed by atoms with Crippen LogP contribution in [0.1, 0.15) is 79.0 Å². The number of carbonyl (C=O) groups excluding carboxylic acids is 1. The van der Waals surface area contributed by atoms with Crippen LogP contribution in [0.25, 0.3) is 10.2 Å². The normalized spacial score (nSPS) is 20.9. The second-order valence-corrected chi connectivity index (χ2v) is 15.6. The van der Waals surface area contributed by atoms with Crippen LogP contribution in [0.3, 0.4) is 0 Å². The van der Waals surface area contributed by atoms with Crippen molar-refractivity contribution >= 4 is 43.2 Å². The summed E-state index contributed by atoms with van der Waals surface area (Å²) in [6.45, 7) is 9.16. The van der Waals surface area contributed by atoms with Gasteiger partial charge >= 0.3 is 0 Å². The number of carbonyl (C=O) groups is 1. The number of benzene rings is 1. The van der Waals surface area contributed by atoms with Crippen molar-refractivity contribution in [2.24, 2.45) is 11.3 Å². The molecule has 1 fully saturated rings. The predicted octanol–water partition coefficient (Wildman–Crippen LogP) is 5.14. The molecule has 8 nitrogen and oxygen atoms in total. The third-order valence-corrected chi connectivity index (χ3v) is 10.1. The molecule has 0 bridgehead atoms. The molecule has 1 amide bonds. The fraction of sp³-hybridized carbons (Fsp3) is 0.548. The first kappa shape index (κ1) is 29.9. The second kappa shape index (κ2) is 12.0. The molecule has 1 saturated heterocycles. The summed E-state index contributed by atoms with van der Waals surface area (Å²) < 4.78 is 26.2. The molecular weight excluding hydrogens is 556 g/mol. The summed E-state index contributed by atoms with van der Waals surface area (Å²) in [7, 11) is -3.43. The van der Waals surface area contributed by atoms with Gasteiger partial charge < -0.3 is 15.3 Å². The Balaban J connectivity index is 1.37. The van der Waals surface area contributed by atoms with Crippen LogP contribution >= 0.6 is 11.3 Å². The molecule has 2 aliphatic rings. The van der Waals surface area contributed by atoms with Gasteiger partial charge in [-0.1, -0.05) is 32.9 Å². The lowest BCUT2D eigenvalue weighted by molar-refractivity contribution is 0.0677. The maximum atomic E-state index is 13.6. The lowest BCUT2D eigenvalue weighted by Gasteiger charge is -2.34. The third-order valence-electron chi connectivity index (χ3n) is 8.43. The third kappa shape index (κ3) is 7.66. The number of piperidine rings is 1. The lowest BCUT2D eigenvalue weighted by atomic mass is 9.71. The number of aromatic nitrogens is 1. The molecule has 2 aromatic heterocycles. The van der Waals surface area contributed by atoms with E-state index in [0.717, 1.165) is 66.4 Å². The predicted molar refractivity (Wildman–Crippen MR) is 166 cm³/mol. The van der Waals surface area contributed by atoms with E-state index in [1.165, 1.54) is 16.9 Å². The topological polar surface area (TPSA) is 112 Å². The Hall–Kier alpha value is -2.53. The average Bonchev–Trinajstić information content (AvgIpc) is 3.31. The largest absolute Gasteiger partial charge is 0.392 e. The minimum atomic E-state index is -3.43. The van der Waals surface area contributed by atoms with Gasteiger partial charge in [-0.15, -0.1) is 11.3 Å². The molecule has 1 aliphatic heterocycles. The number of sulfonamides is 1. The quantitative estimate of drug-likeness (QED) is 0.331. The zero-order valence-electron chi connectivity index (χ0n) is 24.4. The van der Waals surface area contributed by atoms with Gasteiger partial charge in [-0.05, 0) is 91.8 Å². The number of aliphatic hydroxyl groups excluding tert-OH is 1. The Morgan fingerprint density at radius 1 is 1.22 bits per heavy atom. The maximum absolute atomic E-state index is 13.6. The number of anilines is 1. The van der Waals surface area contributed by atoms with Crippen LogP contribution in [0.2, 0.25) is 0 Å². The number of aliphatic hydroxyl groups is 1. The maximum Gasteiger partial charge on any atom is 0.261 e. The van der Waals surface area contributed by atoms with E-state index in [4.69, 9.17) is 4.98 Å². The van der Waals surface area contributed by atoms with E-state index >= 15 is 0 Å². The lowest BCUT2D eigenvalue weighted by Crippen LogP contribution is -2.40. The summed E-state index contributed by atoms with van der Waals surface area (Å²) in [6.07, 6.45) is 6.31. The number of pyridine rings is 1. The zero-order chi connectivity index (χ0) is 29.4. The van der Waals surface area contributed by atoms with E-state index in [2.05, 4.69) is 41.8 Å². The van der Waals surface area contributed by atoms with Crippen molar-refractivity contribution in [2.45, 2.75) is 71.4 Å². The average molecular weight is 599 g/mol. The Kier molecular flexibility index (Phi) is 8.76. The highest BCUT2D eigenvalue weighted by Gasteiger charge is 2.30. The van der Waals surface area contributed by atoms with Crippen LogP contribution in [0, 0.1) is 11.3 Å². The number of hydrogen-bond acceptors (Lipinski definition) is 7. The summed E-state index contributed by atoms with van der Waals surface area (Å²) in [6, 6.07) is 11.0. The highest BCUT2D eigenvalue weighted by molar-refractivity contribution is 7.92. The first-order valence-electron chi connectivity index (χ1n) is 14.6. The summed E-state index contributed by atoms with van der Waals surface area (Å²) >= 11 is 1.42. The van der Waals surface area contributed by atoms with E-state index in [1.54, 1.807) is 18.2 Å². The van der Waals surface area contributed by atoms with Crippen LogP contribution in [0.15, 0.2) is 36.4 Å². The number of nitrogens with zero attached hydrogens (tertiary/aromatic N) is 2. The van der Waals surface area contributed by atoms with E-state index in [-0.39, 0.29) is 23.5 Å². The van der Waals surface area contributed by atoms with Crippen molar-refractivity contribution in [1.82, 2.24) is 15.2 Å². The molecule has 3 N–H and O–H groups in total. The number of amides is 1. The van der Waals surface area contributed by atoms with Crippen molar-refractivity contribution in [3.8, 4) is 0 Å². The van der Waals surface area contributed by atoms with Crippen LogP contribution < -0.4 is 10.0 Å². The molecule has 41 heavy (non-hydrogen) atoms. The molecule has 0 spiro atoms. The van der Waals surface area contributed by atoms with E-state index in [0.29, 0.717) is 36.0 Å². The Bertz CT molecular complexity index is 1510. The summed E-state index contributed by atoms with van der Waals surface area (Å²) in [4.78, 5) is 22.3. The van der Waals surface area contributed by atoms with Crippen LogP contribution in [0.4, 0.5) is 5.69 Å². The number of rotatable bonds is 8. The smallest absolute Gasteiger partial charge is 0.261 e. The van der Waals surface area contributed by atoms with E-state index < -0.39 is 10.0 Å². The number of hydrogen-bond donors (Lipinski definition) is 3. The van der Waals surface area contributed by atoms with Crippen molar-refractivity contribution < 1.29 is 18.3 Å². The number of likely N-dealkylation sites (tertiary alicyclic amines) is 1. The Morgan fingerprint density at radius 2 is 2.02 bits per heavy atom. The van der Waals surface area contributed by atoms with Gasteiger partial charge in [-0.25, -0.2) is 13.4 Å². The molecule has 1 unspecified atom stereocenters. The van der Waals surface area contributed by atoms with Crippen LogP contribution in [-0.4, -0.2) is 61.3 Å². The highest BCUT2D eigenvalue weighted by atomic mass is 32.2. The Morgan fingerprint density at radius 3 is 2.76 bits per heavy atom. The van der Waals surface area contributed by atoms with Crippen LogP contribution in [-0.2, 0) is 22.9 Å². The number of fused-ring (bicyclic) bond motifs is 2. The van der Waals surface area contributed by atoms with Gasteiger partial charge in [-0.3, -0.25) is 9.52 Å². The summed E-state index contributed by atoms with van der Waals surface area (Å²) in [5.74, 6) is 0.453. The number of aryl methyl sites for hydroxylation is 1. The monoisotopic (exact) mass is 598 g/mol. The molecule has 1 aliphatic carbocycles. The molecular formula is C31H42N4O4S2. The molecule has 3 heterocycles. The van der Waals surface area contributed by atoms with E-state index in [1.807, 2.05) is 12.1 Å². The second-order valence-electron chi connectivity index (χ2n) is 12.8. The minimum Gasteiger partial charge on any atom is -0.392 e. The van der Waals surface area contributed by atoms with Gasteiger partial charge in [0.25, 0.3) is 5.91 Å². The first-order valence-corrected chi connectivity index (χ1v) is 17.3. The summed E-state index contributed by atoms with van der Waals surface area (Å²) in [5.41, 5.74) is 3.99. The molecule has 1 aromatic carbocycles. The van der Waals surface area contributed by atoms with Crippen LogP contribution in [0.5, 0.6) is 0 Å². The van der Waals surface area contributed by atoms with Gasteiger partial charge in [0, 0.05) is 29.9 Å². The molecule has 222 valence electrons. The fourth-order valence-electron chi connectivity index (χ4n) is 6.10. The van der Waals surface area contributed by atoms with Gasteiger partial charge in [-0.2, -0.15) is 0 Å². The number of nitrogens with one attached hydrogen (secondary N) is 2. The van der Waals surface area contributed by atoms with Gasteiger partial charge in [0.15, 0.2) is 0 Å². The Labute approximate surface area is 247 Å². The molecule has 3 atom stereocenters. The molecule has 0 radical (unpaired) electrons. The van der Waals surface area contributed by atoms with E-state index in [9.17, 15) is 18.3 Å². The van der Waals surface area contributed by atoms with Crippen molar-refractivity contribution in [2.75, 3.05) is 30.6 Å². The van der Waals surface area contributed by atoms with Crippen molar-refractivity contribution in [3.05, 3.63) is 58.1 Å². The zero-order valence-corrected chi connectivity index (χ0v) is 26.1. The fourth-order valence-corrected chi connectivity index (χ4v) is 7.60. The summed E-state index contributed by atoms with van der Waals surface area (Å²) in [5, 5.41) is 14.4. The number of β-amino-alcohol motifs (C(OH)–C–C–N with tert-alkyl or cyclic N) is 1. The van der Waals surface area contributed by atoms with Gasteiger partial charge in [0.05, 0.1) is 23.3 Å². The standard InChI is InChI=1S/C31H42N4O4S2/c1-31(2,3)23-10-11-26-21(16-23)15-22-18-28(40-30(22)33-26)29(37)32-27(12-14-35-13-6-9-25(36)19-35)20-7-5-8-24(17-20)34-41(4,38)39/h5,7-8,15,17-18,23,25,27,34,36H,6,9-14,16,19H2,1-4H3,(H,32,37)/t23-,25?,27+/m0/s1. The SMILES string of the molecule is CC(C)(C)[C@H]1CCc2nc3sc(C(=O)N[C@H](CCN4CCCC(O)C4)c4cccc(NS(C)(=O)=O)c4)cc3cc2C1. The molecule has 0 saturated carbocycles. The van der Waals surface area contributed by atoms with Crippen molar-refractivity contribution in [1.29, 1.82) is 0 Å². The van der Waals surface area contributed by atoms with Gasteiger partial charge in [0.2, 0.25) is 10.0 Å². The molecule has 10 heteroatoms. The minimum absolute atomic E-state index is 0.163. The molecule has 5 rings (SSSR count). The van der Waals surface area contributed by atoms with Crippen molar-refractivity contribution in [3.63, 3.8) is 0 Å². The first-order chi connectivity index (χ1) is 19.3. The highest BCUT2D eigenvalue weighted by Crippen LogP contribution is 2.38. The molecule has 3 aromatic rings. The van der Waals surface area contributed by atoms with Gasteiger partial charge in [0.1, 0.15) is 4.83 Å².